The van der Waals surface area contributed by atoms with E-state index in [1.807, 2.05) is 0 Å². The summed E-state index contributed by atoms with van der Waals surface area (Å²) < 4.78 is 0.850. The Balaban J connectivity index is 2.68. The predicted molar refractivity (Wildman–Crippen MR) is 61.3 cm³/mol. The van der Waals surface area contributed by atoms with Crippen LogP contribution in [0.15, 0.2) is 22.8 Å². The average Bonchev–Trinajstić information content (AvgIpc) is 2.18. The van der Waals surface area contributed by atoms with Gasteiger partial charge in [0, 0.05) is 16.0 Å². The molecule has 0 fully saturated rings. The first kappa shape index (κ1) is 12.1. The number of rotatable bonds is 4. The van der Waals surface area contributed by atoms with Crippen LogP contribution in [0, 0.1) is 0 Å². The Morgan fingerprint density at radius 2 is 2.07 bits per heavy atom. The second kappa shape index (κ2) is 5.80. The second-order valence-corrected chi connectivity index (χ2v) is 4.60. The van der Waals surface area contributed by atoms with Crippen LogP contribution in [0.5, 0.6) is 0 Å². The molecule has 0 aromatic carbocycles. The first-order valence-electron chi connectivity index (χ1n) is 4.18. The largest absolute Gasteiger partial charge is 0.390 e. The Morgan fingerprint density at radius 3 is 2.57 bits per heavy atom. The van der Waals surface area contributed by atoms with Crippen LogP contribution < -0.4 is 0 Å². The van der Waals surface area contributed by atoms with Crippen molar-refractivity contribution in [3.8, 4) is 0 Å². The quantitative estimate of drug-likeness (QED) is 0.833. The van der Waals surface area contributed by atoms with Gasteiger partial charge in [-0.2, -0.15) is 0 Å². The minimum atomic E-state index is -0.916. The van der Waals surface area contributed by atoms with E-state index in [0.717, 1.165) is 4.47 Å². The smallest absolute Gasteiger partial charge is 0.122 e. The molecule has 0 saturated heterocycles. The summed E-state index contributed by atoms with van der Waals surface area (Å²) >= 11 is 6.45. The predicted octanol–water partition coefficient (Wildman–Crippen LogP) is 2.02. The minimum absolute atomic E-state index is 0.488. The molecule has 1 heterocycles. The van der Waals surface area contributed by atoms with Crippen molar-refractivity contribution in [2.45, 2.75) is 18.6 Å². The highest BCUT2D eigenvalue weighted by Crippen LogP contribution is 2.18. The summed E-state index contributed by atoms with van der Waals surface area (Å²) in [5.74, 6) is 0. The summed E-state index contributed by atoms with van der Waals surface area (Å²) in [4.78, 5) is 4.01. The lowest BCUT2D eigenvalue weighted by Crippen LogP contribution is -2.19. The van der Waals surface area contributed by atoms with E-state index < -0.39 is 12.2 Å². The van der Waals surface area contributed by atoms with E-state index in [2.05, 4.69) is 36.8 Å². The van der Waals surface area contributed by atoms with Gasteiger partial charge in [-0.15, -0.1) is 0 Å². The van der Waals surface area contributed by atoms with Gasteiger partial charge in [-0.05, 0) is 34.5 Å². The Bertz CT molecular complexity index is 279. The average molecular weight is 325 g/mol. The molecular weight excluding hydrogens is 314 g/mol. The van der Waals surface area contributed by atoms with Gasteiger partial charge in [-0.25, -0.2) is 0 Å². The van der Waals surface area contributed by atoms with E-state index >= 15 is 0 Å². The fourth-order valence-electron chi connectivity index (χ4n) is 1.03. The lowest BCUT2D eigenvalue weighted by Gasteiger charge is -2.15. The molecule has 2 N–H and O–H groups in total. The molecule has 0 radical (unpaired) electrons. The second-order valence-electron chi connectivity index (χ2n) is 2.89. The van der Waals surface area contributed by atoms with Gasteiger partial charge in [0.25, 0.3) is 0 Å². The Hall–Kier alpha value is 0.0300. The molecule has 0 amide bonds. The van der Waals surface area contributed by atoms with E-state index in [-0.39, 0.29) is 0 Å². The van der Waals surface area contributed by atoms with Gasteiger partial charge in [-0.1, -0.05) is 15.9 Å². The fraction of sp³-hybridized carbons (Fsp3) is 0.444. The van der Waals surface area contributed by atoms with Crippen molar-refractivity contribution in [2.75, 3.05) is 5.33 Å². The number of aliphatic hydroxyl groups is 2. The summed E-state index contributed by atoms with van der Waals surface area (Å²) in [6.45, 7) is 0. The molecule has 2 unspecified atom stereocenters. The van der Waals surface area contributed by atoms with Crippen LogP contribution in [0.2, 0.25) is 0 Å². The van der Waals surface area contributed by atoms with E-state index in [9.17, 15) is 10.2 Å². The molecule has 1 rings (SSSR count). The SMILES string of the molecule is OC(CCBr)C(O)c1ccc(Br)cn1. The highest BCUT2D eigenvalue weighted by Gasteiger charge is 2.18. The third-order valence-electron chi connectivity index (χ3n) is 1.82. The highest BCUT2D eigenvalue weighted by atomic mass is 79.9. The van der Waals surface area contributed by atoms with Gasteiger partial charge in [-0.3, -0.25) is 4.98 Å². The monoisotopic (exact) mass is 323 g/mol. The molecule has 0 aliphatic carbocycles. The van der Waals surface area contributed by atoms with Crippen LogP contribution in [-0.4, -0.2) is 26.6 Å². The molecule has 1 aromatic heterocycles. The number of hydrogen-bond acceptors (Lipinski definition) is 3. The van der Waals surface area contributed by atoms with Crippen molar-refractivity contribution >= 4 is 31.9 Å². The molecule has 0 aliphatic heterocycles. The number of alkyl halides is 1. The maximum Gasteiger partial charge on any atom is 0.122 e. The lowest BCUT2D eigenvalue weighted by atomic mass is 10.1. The van der Waals surface area contributed by atoms with Crippen molar-refractivity contribution in [1.29, 1.82) is 0 Å². The molecule has 5 heteroatoms. The minimum Gasteiger partial charge on any atom is -0.390 e. The first-order valence-corrected chi connectivity index (χ1v) is 6.10. The van der Waals surface area contributed by atoms with Crippen LogP contribution in [-0.2, 0) is 0 Å². The first-order chi connectivity index (χ1) is 6.65. The van der Waals surface area contributed by atoms with Gasteiger partial charge in [0.2, 0.25) is 0 Å². The maximum absolute atomic E-state index is 9.66. The fourth-order valence-corrected chi connectivity index (χ4v) is 1.73. The summed E-state index contributed by atoms with van der Waals surface area (Å²) in [5.41, 5.74) is 0.488. The normalized spacial score (nSPS) is 15.1. The van der Waals surface area contributed by atoms with Crippen molar-refractivity contribution in [3.63, 3.8) is 0 Å². The number of pyridine rings is 1. The van der Waals surface area contributed by atoms with Crippen molar-refractivity contribution in [1.82, 2.24) is 4.98 Å². The van der Waals surface area contributed by atoms with Gasteiger partial charge >= 0.3 is 0 Å². The van der Waals surface area contributed by atoms with E-state index in [4.69, 9.17) is 0 Å². The molecule has 0 saturated carbocycles. The van der Waals surface area contributed by atoms with E-state index in [1.54, 1.807) is 18.3 Å². The molecule has 0 aliphatic rings. The van der Waals surface area contributed by atoms with E-state index in [1.165, 1.54) is 0 Å². The van der Waals surface area contributed by atoms with Gasteiger partial charge in [0.1, 0.15) is 6.10 Å². The lowest BCUT2D eigenvalue weighted by molar-refractivity contribution is 0.0148. The van der Waals surface area contributed by atoms with Gasteiger partial charge in [0.15, 0.2) is 0 Å². The van der Waals surface area contributed by atoms with Crippen LogP contribution in [0.3, 0.4) is 0 Å². The number of nitrogens with zero attached hydrogens (tertiary/aromatic N) is 1. The molecule has 2 atom stereocenters. The van der Waals surface area contributed by atoms with Crippen LogP contribution in [0.25, 0.3) is 0 Å². The summed E-state index contributed by atoms with van der Waals surface area (Å²) in [5, 5.41) is 19.8. The number of aliphatic hydroxyl groups excluding tert-OH is 2. The molecule has 3 nitrogen and oxygen atoms in total. The van der Waals surface area contributed by atoms with Gasteiger partial charge in [0.05, 0.1) is 11.8 Å². The number of aromatic nitrogens is 1. The summed E-state index contributed by atoms with van der Waals surface area (Å²) in [7, 11) is 0. The van der Waals surface area contributed by atoms with E-state index in [0.29, 0.717) is 17.4 Å². The topological polar surface area (TPSA) is 53.4 Å². The third kappa shape index (κ3) is 3.31. The molecule has 1 aromatic rings. The zero-order valence-corrected chi connectivity index (χ0v) is 10.6. The number of halogens is 2. The molecular formula is C9H11Br2NO2. The molecule has 0 bridgehead atoms. The maximum atomic E-state index is 9.66. The summed E-state index contributed by atoms with van der Waals surface area (Å²) in [6, 6.07) is 3.47. The zero-order chi connectivity index (χ0) is 10.6. The van der Waals surface area contributed by atoms with Crippen molar-refractivity contribution in [3.05, 3.63) is 28.5 Å². The molecule has 78 valence electrons. The summed E-state index contributed by atoms with van der Waals surface area (Å²) in [6.07, 6.45) is 0.405. The molecule has 14 heavy (non-hydrogen) atoms. The molecule has 0 spiro atoms. The zero-order valence-electron chi connectivity index (χ0n) is 7.40. The van der Waals surface area contributed by atoms with Crippen molar-refractivity contribution < 1.29 is 10.2 Å². The third-order valence-corrected chi connectivity index (χ3v) is 2.75. The van der Waals surface area contributed by atoms with Crippen molar-refractivity contribution in [2.24, 2.45) is 0 Å². The standard InChI is InChI=1S/C9H11Br2NO2/c10-4-3-8(13)9(14)7-2-1-6(11)5-12-7/h1-2,5,8-9,13-14H,3-4H2. The van der Waals surface area contributed by atoms with Crippen LogP contribution >= 0.6 is 31.9 Å². The Labute approximate surface area is 99.4 Å². The van der Waals surface area contributed by atoms with Crippen LogP contribution in [0.4, 0.5) is 0 Å². The highest BCUT2D eigenvalue weighted by molar-refractivity contribution is 9.10. The van der Waals surface area contributed by atoms with Gasteiger partial charge < -0.3 is 10.2 Å². The Morgan fingerprint density at radius 1 is 1.36 bits per heavy atom. The Kier molecular flexibility index (Phi) is 5.01. The van der Waals surface area contributed by atoms with Crippen LogP contribution in [0.1, 0.15) is 18.2 Å². The number of hydrogen-bond donors (Lipinski definition) is 2.